The van der Waals surface area contributed by atoms with Crippen molar-refractivity contribution < 1.29 is 14.3 Å². The molecule has 0 saturated carbocycles. The van der Waals surface area contributed by atoms with Gasteiger partial charge in [0.1, 0.15) is 0 Å². The van der Waals surface area contributed by atoms with Crippen molar-refractivity contribution in [1.82, 2.24) is 5.32 Å². The van der Waals surface area contributed by atoms with Gasteiger partial charge in [-0.05, 0) is 48.4 Å². The van der Waals surface area contributed by atoms with Gasteiger partial charge in [0, 0.05) is 28.7 Å². The molecule has 0 aliphatic rings. The Bertz CT molecular complexity index is 476. The van der Waals surface area contributed by atoms with Gasteiger partial charge in [0.2, 0.25) is 5.79 Å². The monoisotopic (exact) mass is 405 g/mol. The van der Waals surface area contributed by atoms with Crippen molar-refractivity contribution in [2.24, 2.45) is 5.92 Å². The zero-order valence-corrected chi connectivity index (χ0v) is 15.4. The lowest BCUT2D eigenvalue weighted by molar-refractivity contribution is -0.204. The molecule has 0 spiro atoms. The Morgan fingerprint density at radius 1 is 1.29 bits per heavy atom. The number of nitrogens with one attached hydrogen (secondary N) is 1. The number of amides is 1. The van der Waals surface area contributed by atoms with Gasteiger partial charge in [-0.1, -0.05) is 32.0 Å². The maximum Gasteiger partial charge on any atom is 0.410 e. The average molecular weight is 405 g/mol. The third-order valence-electron chi connectivity index (χ3n) is 2.96. The van der Waals surface area contributed by atoms with Gasteiger partial charge < -0.3 is 14.8 Å². The van der Waals surface area contributed by atoms with Gasteiger partial charge in [-0.3, -0.25) is 0 Å². The molecule has 4 nitrogen and oxygen atoms in total. The van der Waals surface area contributed by atoms with Crippen LogP contribution in [0.3, 0.4) is 0 Å². The minimum Gasteiger partial charge on any atom is -0.412 e. The molecule has 5 heteroatoms. The van der Waals surface area contributed by atoms with Crippen LogP contribution >= 0.6 is 22.6 Å². The van der Waals surface area contributed by atoms with E-state index in [2.05, 4.69) is 41.8 Å². The van der Waals surface area contributed by atoms with Gasteiger partial charge in [-0.2, -0.15) is 0 Å². The van der Waals surface area contributed by atoms with Crippen molar-refractivity contribution in [3.8, 4) is 0 Å². The highest BCUT2D eigenvalue weighted by molar-refractivity contribution is 14.1. The summed E-state index contributed by atoms with van der Waals surface area (Å²) >= 11 is 2.24. The molecule has 118 valence electrons. The van der Waals surface area contributed by atoms with Crippen LogP contribution in [0, 0.1) is 9.49 Å². The fourth-order valence-corrected chi connectivity index (χ4v) is 2.96. The summed E-state index contributed by atoms with van der Waals surface area (Å²) in [6.07, 6.45) is 0.127. The topological polar surface area (TPSA) is 47.6 Å². The van der Waals surface area contributed by atoms with Crippen molar-refractivity contribution in [3.05, 3.63) is 33.4 Å². The van der Waals surface area contributed by atoms with Crippen LogP contribution in [0.15, 0.2) is 24.3 Å². The molecule has 1 atom stereocenters. The van der Waals surface area contributed by atoms with Gasteiger partial charge in [0.15, 0.2) is 0 Å². The molecule has 21 heavy (non-hydrogen) atoms. The van der Waals surface area contributed by atoms with Crippen LogP contribution < -0.4 is 5.32 Å². The quantitative estimate of drug-likeness (QED) is 0.568. The molecule has 1 aromatic rings. The number of hydrogen-bond donors (Lipinski definition) is 1. The van der Waals surface area contributed by atoms with Crippen LogP contribution in [-0.2, 0) is 15.3 Å². The summed E-state index contributed by atoms with van der Waals surface area (Å²) in [5.74, 6) is -0.752. The molecule has 0 aliphatic carbocycles. The van der Waals surface area contributed by atoms with Gasteiger partial charge in [-0.25, -0.2) is 4.79 Å². The molecular formula is C16H24INO3. The van der Waals surface area contributed by atoms with Crippen LogP contribution in [0.4, 0.5) is 4.79 Å². The smallest absolute Gasteiger partial charge is 0.410 e. The van der Waals surface area contributed by atoms with Crippen molar-refractivity contribution in [2.75, 3.05) is 7.11 Å². The summed E-state index contributed by atoms with van der Waals surface area (Å²) in [6, 6.07) is 7.81. The Labute approximate surface area is 140 Å². The average Bonchev–Trinajstić information content (AvgIpc) is 2.36. The summed E-state index contributed by atoms with van der Waals surface area (Å²) in [5.41, 5.74) is 0.876. The van der Waals surface area contributed by atoms with Crippen LogP contribution in [0.2, 0.25) is 0 Å². The molecule has 0 radical (unpaired) electrons. The molecule has 1 amide bonds. The Hall–Kier alpha value is -0.820. The summed E-state index contributed by atoms with van der Waals surface area (Å²) in [4.78, 5) is 12.1. The van der Waals surface area contributed by atoms with Gasteiger partial charge in [0.05, 0.1) is 0 Å². The number of hydrogen-bond acceptors (Lipinski definition) is 3. The lowest BCUT2D eigenvalue weighted by Gasteiger charge is -2.34. The highest BCUT2D eigenvalue weighted by atomic mass is 127. The minimum absolute atomic E-state index is 0.0148. The second-order valence-electron chi connectivity index (χ2n) is 5.72. The fourth-order valence-electron chi connectivity index (χ4n) is 2.16. The Morgan fingerprint density at radius 2 is 1.90 bits per heavy atom. The zero-order valence-electron chi connectivity index (χ0n) is 13.3. The normalized spacial score (nSPS) is 14.1. The SMILES string of the molecule is CO[C@@](CC(C)C)(OC(=O)NC(C)C)c1ccccc1I. The Balaban J connectivity index is 3.16. The third kappa shape index (κ3) is 5.14. The van der Waals surface area contributed by atoms with E-state index in [9.17, 15) is 4.79 Å². The lowest BCUT2D eigenvalue weighted by Crippen LogP contribution is -2.42. The van der Waals surface area contributed by atoms with Crippen molar-refractivity contribution in [2.45, 2.75) is 45.9 Å². The van der Waals surface area contributed by atoms with E-state index in [0.29, 0.717) is 12.3 Å². The molecule has 0 unspecified atom stereocenters. The predicted molar refractivity (Wildman–Crippen MR) is 92.1 cm³/mol. The molecule has 1 rings (SSSR count). The summed E-state index contributed by atoms with van der Waals surface area (Å²) in [6.45, 7) is 7.94. The van der Waals surface area contributed by atoms with E-state index in [-0.39, 0.29) is 6.04 Å². The molecule has 1 aromatic carbocycles. The summed E-state index contributed by atoms with van der Waals surface area (Å²) in [5, 5.41) is 2.75. The first-order valence-corrected chi connectivity index (χ1v) is 8.18. The molecule has 0 aliphatic heterocycles. The Morgan fingerprint density at radius 3 is 2.38 bits per heavy atom. The largest absolute Gasteiger partial charge is 0.412 e. The van der Waals surface area contributed by atoms with E-state index >= 15 is 0 Å². The number of rotatable bonds is 6. The number of methoxy groups -OCH3 is 1. The molecule has 0 fully saturated rings. The van der Waals surface area contributed by atoms with E-state index in [1.165, 1.54) is 0 Å². The number of carbonyl (C=O) groups is 1. The van der Waals surface area contributed by atoms with E-state index in [0.717, 1.165) is 9.13 Å². The van der Waals surface area contributed by atoms with Crippen molar-refractivity contribution in [3.63, 3.8) is 0 Å². The first kappa shape index (κ1) is 18.2. The summed E-state index contributed by atoms with van der Waals surface area (Å²) in [7, 11) is 1.58. The number of alkyl carbamates (subject to hydrolysis) is 1. The fraction of sp³-hybridized carbons (Fsp3) is 0.562. The third-order valence-corrected chi connectivity index (χ3v) is 3.90. The van der Waals surface area contributed by atoms with Crippen LogP contribution in [0.5, 0.6) is 0 Å². The molecule has 1 N–H and O–H groups in total. The van der Waals surface area contributed by atoms with Crippen LogP contribution in [0.25, 0.3) is 0 Å². The Kier molecular flexibility index (Phi) is 6.93. The second kappa shape index (κ2) is 7.98. The minimum atomic E-state index is -1.06. The van der Waals surface area contributed by atoms with Crippen LogP contribution in [0.1, 0.15) is 39.7 Å². The van der Waals surface area contributed by atoms with E-state index in [4.69, 9.17) is 9.47 Å². The number of carbonyl (C=O) groups excluding carboxylic acids is 1. The second-order valence-corrected chi connectivity index (χ2v) is 6.89. The highest BCUT2D eigenvalue weighted by Crippen LogP contribution is 2.36. The first-order chi connectivity index (χ1) is 9.80. The highest BCUT2D eigenvalue weighted by Gasteiger charge is 2.39. The van der Waals surface area contributed by atoms with Crippen molar-refractivity contribution >= 4 is 28.7 Å². The standard InChI is InChI=1S/C16H24INO3/c1-11(2)10-16(20-5,21-15(19)18-12(3)4)13-8-6-7-9-14(13)17/h6-9,11-12H,10H2,1-5H3,(H,18,19)/t16-/m0/s1. The molecule has 0 aromatic heterocycles. The van der Waals surface area contributed by atoms with Crippen LogP contribution in [-0.4, -0.2) is 19.2 Å². The number of ether oxygens (including phenoxy) is 2. The lowest BCUT2D eigenvalue weighted by atomic mass is 9.95. The molecule has 0 heterocycles. The molecular weight excluding hydrogens is 381 g/mol. The molecule has 0 bridgehead atoms. The summed E-state index contributed by atoms with van der Waals surface area (Å²) < 4.78 is 12.4. The van der Waals surface area contributed by atoms with E-state index in [1.54, 1.807) is 7.11 Å². The molecule has 0 saturated heterocycles. The van der Waals surface area contributed by atoms with Gasteiger partial charge >= 0.3 is 6.09 Å². The maximum absolute atomic E-state index is 12.1. The predicted octanol–water partition coefficient (Wildman–Crippen LogP) is 4.27. The zero-order chi connectivity index (χ0) is 16.0. The van der Waals surface area contributed by atoms with E-state index < -0.39 is 11.9 Å². The van der Waals surface area contributed by atoms with Gasteiger partial charge in [0.25, 0.3) is 0 Å². The van der Waals surface area contributed by atoms with Gasteiger partial charge in [-0.15, -0.1) is 0 Å². The first-order valence-electron chi connectivity index (χ1n) is 7.10. The van der Waals surface area contributed by atoms with E-state index in [1.807, 2.05) is 38.1 Å². The number of halogens is 1. The maximum atomic E-state index is 12.1. The van der Waals surface area contributed by atoms with Crippen molar-refractivity contribution in [1.29, 1.82) is 0 Å². The number of benzene rings is 1.